The van der Waals surface area contributed by atoms with Crippen LogP contribution in [0.2, 0.25) is 0 Å². The van der Waals surface area contributed by atoms with Crippen molar-refractivity contribution < 1.29 is 24.2 Å². The normalized spacial score (nSPS) is 17.9. The molecule has 2 aromatic carbocycles. The van der Waals surface area contributed by atoms with Crippen molar-refractivity contribution in [3.05, 3.63) is 65.2 Å². The summed E-state index contributed by atoms with van der Waals surface area (Å²) in [6, 6.07) is 13.6. The minimum atomic E-state index is -0.525. The number of aliphatic hydroxyl groups is 1. The fraction of sp³-hybridized carbons (Fsp3) is 0.385. The van der Waals surface area contributed by atoms with Gasteiger partial charge in [-0.25, -0.2) is 0 Å². The minimum absolute atomic E-state index is 0.0849. The highest BCUT2D eigenvalue weighted by Gasteiger charge is 2.42. The molecule has 0 saturated carbocycles. The summed E-state index contributed by atoms with van der Waals surface area (Å²) in [6.45, 7) is 2.27. The maximum Gasteiger partial charge on any atom is 0.181 e. The van der Waals surface area contributed by atoms with Crippen LogP contribution in [0.5, 0.6) is 11.5 Å². The van der Waals surface area contributed by atoms with E-state index in [9.17, 15) is 9.59 Å². The lowest BCUT2D eigenvalue weighted by atomic mass is 9.82. The van der Waals surface area contributed by atoms with Gasteiger partial charge in [-0.1, -0.05) is 24.3 Å². The minimum Gasteiger partial charge on any atom is -0.497 e. The van der Waals surface area contributed by atoms with Crippen LogP contribution in [0.3, 0.4) is 0 Å². The first-order chi connectivity index (χ1) is 15.5. The lowest BCUT2D eigenvalue weighted by Gasteiger charge is -2.44. The Morgan fingerprint density at radius 2 is 1.94 bits per heavy atom. The molecule has 0 aromatic heterocycles. The van der Waals surface area contributed by atoms with Crippen molar-refractivity contribution in [1.82, 2.24) is 4.90 Å². The highest BCUT2D eigenvalue weighted by molar-refractivity contribution is 6.01. The van der Waals surface area contributed by atoms with Crippen molar-refractivity contribution in [2.45, 2.75) is 31.3 Å². The fourth-order valence-electron chi connectivity index (χ4n) is 4.40. The number of rotatable bonds is 7. The molecule has 0 radical (unpaired) electrons. The third-order valence-corrected chi connectivity index (χ3v) is 6.37. The zero-order chi connectivity index (χ0) is 22.6. The summed E-state index contributed by atoms with van der Waals surface area (Å²) in [5.41, 5.74) is 2.17. The lowest BCUT2D eigenvalue weighted by Crippen LogP contribution is -2.51. The number of carbonyl (C=O) groups is 2. The Labute approximate surface area is 188 Å². The SMILES string of the molecule is COc1ccc(CCN2CCC3(CC2)CC(=O)c2cc(/C=C/C(=O)CO)ccc2O3)cc1. The van der Waals surface area contributed by atoms with Gasteiger partial charge in [0.2, 0.25) is 0 Å². The van der Waals surface area contributed by atoms with Crippen LogP contribution in [0, 0.1) is 0 Å². The molecular weight excluding hydrogens is 406 g/mol. The molecule has 4 rings (SSSR count). The smallest absolute Gasteiger partial charge is 0.181 e. The average molecular weight is 436 g/mol. The molecule has 32 heavy (non-hydrogen) atoms. The van der Waals surface area contributed by atoms with Crippen molar-refractivity contribution in [3.63, 3.8) is 0 Å². The molecule has 1 saturated heterocycles. The third kappa shape index (κ3) is 5.09. The quantitative estimate of drug-likeness (QED) is 0.673. The zero-order valence-electron chi connectivity index (χ0n) is 18.4. The number of carbonyl (C=O) groups excluding carboxylic acids is 2. The number of methoxy groups -OCH3 is 1. The summed E-state index contributed by atoms with van der Waals surface area (Å²) in [6.07, 6.45) is 5.95. The van der Waals surface area contributed by atoms with Crippen molar-refractivity contribution in [3.8, 4) is 11.5 Å². The summed E-state index contributed by atoms with van der Waals surface area (Å²) >= 11 is 0. The highest BCUT2D eigenvalue weighted by Crippen LogP contribution is 2.39. The van der Waals surface area contributed by atoms with E-state index in [1.165, 1.54) is 11.6 Å². The molecule has 6 nitrogen and oxygen atoms in total. The largest absolute Gasteiger partial charge is 0.497 e. The van der Waals surface area contributed by atoms with Gasteiger partial charge in [-0.3, -0.25) is 9.59 Å². The standard InChI is InChI=1S/C26H29NO5/c1-31-22-7-3-19(4-8-22)10-13-27-14-11-26(12-15-27)17-24(30)23-16-20(2-6-21(29)18-28)5-9-25(23)32-26/h2-9,16,28H,10-15,17-18H2,1H3/b6-2+. The summed E-state index contributed by atoms with van der Waals surface area (Å²) < 4.78 is 11.6. The number of Topliss-reactive ketones (excluding diaryl/α,β-unsaturated/α-hetero) is 1. The zero-order valence-corrected chi connectivity index (χ0v) is 18.4. The Kier molecular flexibility index (Phi) is 6.72. The number of hydrogen-bond acceptors (Lipinski definition) is 6. The molecule has 2 aromatic rings. The van der Waals surface area contributed by atoms with Gasteiger partial charge >= 0.3 is 0 Å². The van der Waals surface area contributed by atoms with E-state index in [0.717, 1.165) is 50.2 Å². The van der Waals surface area contributed by atoms with Gasteiger partial charge in [0.1, 0.15) is 23.7 Å². The molecular formula is C26H29NO5. The van der Waals surface area contributed by atoms with Crippen molar-refractivity contribution in [1.29, 1.82) is 0 Å². The van der Waals surface area contributed by atoms with E-state index in [-0.39, 0.29) is 11.6 Å². The maximum absolute atomic E-state index is 12.9. The van der Waals surface area contributed by atoms with Gasteiger partial charge in [-0.2, -0.15) is 0 Å². The molecule has 0 aliphatic carbocycles. The molecule has 0 unspecified atom stereocenters. The molecule has 168 valence electrons. The molecule has 0 atom stereocenters. The van der Waals surface area contributed by atoms with Crippen LogP contribution in [-0.4, -0.2) is 60.5 Å². The number of ether oxygens (including phenoxy) is 2. The Morgan fingerprint density at radius 1 is 1.19 bits per heavy atom. The molecule has 1 fully saturated rings. The number of nitrogens with zero attached hydrogens (tertiary/aromatic N) is 1. The summed E-state index contributed by atoms with van der Waals surface area (Å²) in [7, 11) is 1.67. The predicted molar refractivity (Wildman–Crippen MR) is 122 cm³/mol. The van der Waals surface area contributed by atoms with Crippen molar-refractivity contribution >= 4 is 17.6 Å². The number of fused-ring (bicyclic) bond motifs is 1. The van der Waals surface area contributed by atoms with E-state index in [4.69, 9.17) is 14.6 Å². The summed E-state index contributed by atoms with van der Waals surface area (Å²) in [5.74, 6) is 1.21. The van der Waals surface area contributed by atoms with Crippen LogP contribution in [0.4, 0.5) is 0 Å². The van der Waals surface area contributed by atoms with Crippen LogP contribution >= 0.6 is 0 Å². The molecule has 2 heterocycles. The molecule has 6 heteroatoms. The number of piperidine rings is 1. The van der Waals surface area contributed by atoms with E-state index in [1.807, 2.05) is 24.3 Å². The number of ketones is 2. The highest BCUT2D eigenvalue weighted by atomic mass is 16.5. The lowest BCUT2D eigenvalue weighted by molar-refractivity contribution is -0.117. The van der Waals surface area contributed by atoms with E-state index in [2.05, 4.69) is 17.0 Å². The first kappa shape index (κ1) is 22.2. The van der Waals surface area contributed by atoms with Gasteiger partial charge in [0.05, 0.1) is 19.1 Å². The second kappa shape index (κ2) is 9.67. The molecule has 1 spiro atoms. The summed E-state index contributed by atoms with van der Waals surface area (Å²) in [5, 5.41) is 8.83. The van der Waals surface area contributed by atoms with E-state index in [1.54, 1.807) is 19.3 Å². The number of hydrogen-bond donors (Lipinski definition) is 1. The Morgan fingerprint density at radius 3 is 2.62 bits per heavy atom. The molecule has 0 bridgehead atoms. The second-order valence-electron chi connectivity index (χ2n) is 8.54. The predicted octanol–water partition coefficient (Wildman–Crippen LogP) is 3.31. The maximum atomic E-state index is 12.9. The van der Waals surface area contributed by atoms with Crippen LogP contribution in [0.15, 0.2) is 48.5 Å². The van der Waals surface area contributed by atoms with Gasteiger partial charge in [0.25, 0.3) is 0 Å². The Balaban J connectivity index is 1.35. The van der Waals surface area contributed by atoms with Gasteiger partial charge in [-0.15, -0.1) is 0 Å². The Bertz CT molecular complexity index is 1000. The van der Waals surface area contributed by atoms with Crippen molar-refractivity contribution in [2.24, 2.45) is 0 Å². The molecule has 2 aliphatic heterocycles. The fourth-order valence-corrected chi connectivity index (χ4v) is 4.40. The Hall–Kier alpha value is -2.96. The second-order valence-corrected chi connectivity index (χ2v) is 8.54. The van der Waals surface area contributed by atoms with Gasteiger partial charge in [0.15, 0.2) is 11.6 Å². The molecule has 2 aliphatic rings. The van der Waals surface area contributed by atoms with Gasteiger partial charge < -0.3 is 19.5 Å². The average Bonchev–Trinajstić information content (AvgIpc) is 2.82. The van der Waals surface area contributed by atoms with Crippen molar-refractivity contribution in [2.75, 3.05) is 33.4 Å². The van der Waals surface area contributed by atoms with E-state index in [0.29, 0.717) is 17.7 Å². The third-order valence-electron chi connectivity index (χ3n) is 6.37. The van der Waals surface area contributed by atoms with Crippen LogP contribution in [-0.2, 0) is 11.2 Å². The summed E-state index contributed by atoms with van der Waals surface area (Å²) in [4.78, 5) is 26.6. The number of benzene rings is 2. The monoisotopic (exact) mass is 435 g/mol. The van der Waals surface area contributed by atoms with Crippen LogP contribution in [0.1, 0.15) is 40.7 Å². The first-order valence-corrected chi connectivity index (χ1v) is 11.0. The number of aliphatic hydroxyl groups excluding tert-OH is 1. The molecule has 1 N–H and O–H groups in total. The number of likely N-dealkylation sites (tertiary alicyclic amines) is 1. The molecule has 0 amide bonds. The first-order valence-electron chi connectivity index (χ1n) is 11.0. The van der Waals surface area contributed by atoms with Gasteiger partial charge in [-0.05, 0) is 47.9 Å². The van der Waals surface area contributed by atoms with Crippen LogP contribution < -0.4 is 9.47 Å². The van der Waals surface area contributed by atoms with Gasteiger partial charge in [0, 0.05) is 32.5 Å². The topological polar surface area (TPSA) is 76.1 Å². The van der Waals surface area contributed by atoms with Crippen LogP contribution in [0.25, 0.3) is 6.08 Å². The van der Waals surface area contributed by atoms with E-state index >= 15 is 0 Å². The van der Waals surface area contributed by atoms with E-state index < -0.39 is 12.2 Å².